The van der Waals surface area contributed by atoms with Gasteiger partial charge in [0.2, 0.25) is 5.55 Å². The van der Waals surface area contributed by atoms with Gasteiger partial charge in [-0.3, -0.25) is 5.41 Å². The molecule has 2 aromatic rings. The summed E-state index contributed by atoms with van der Waals surface area (Å²) in [6, 6.07) is 7.94. The Morgan fingerprint density at radius 3 is 2.40 bits per heavy atom. The third-order valence-electron chi connectivity index (χ3n) is 2.77. The zero-order chi connectivity index (χ0) is 10.8. The molecule has 1 heterocycles. The molecule has 0 radical (unpaired) electrons. The predicted octanol–water partition coefficient (Wildman–Crippen LogP) is 3.04. The molecule has 1 aromatic carbocycles. The van der Waals surface area contributed by atoms with Gasteiger partial charge in [0.15, 0.2) is 0 Å². The van der Waals surface area contributed by atoms with Gasteiger partial charge in [0.25, 0.3) is 0 Å². The first-order chi connectivity index (χ1) is 7.27. The number of aryl methyl sites for hydroxylation is 1. The summed E-state index contributed by atoms with van der Waals surface area (Å²) in [7, 11) is 0. The van der Waals surface area contributed by atoms with Crippen molar-refractivity contribution >= 4 is 11.0 Å². The lowest BCUT2D eigenvalue weighted by molar-refractivity contribution is 0.521. The molecule has 2 nitrogen and oxygen atoms in total. The van der Waals surface area contributed by atoms with Gasteiger partial charge in [-0.15, -0.1) is 0 Å². The monoisotopic (exact) mass is 201 g/mol. The van der Waals surface area contributed by atoms with Crippen LogP contribution in [-0.2, 0) is 12.8 Å². The van der Waals surface area contributed by atoms with Gasteiger partial charge in [0, 0.05) is 10.9 Å². The summed E-state index contributed by atoms with van der Waals surface area (Å²) in [5.74, 6) is 0. The molecule has 2 rings (SSSR count). The smallest absolute Gasteiger partial charge is 0.215 e. The molecule has 0 saturated carbocycles. The molecule has 1 N–H and O–H groups in total. The maximum Gasteiger partial charge on any atom is 0.215 e. The van der Waals surface area contributed by atoms with Crippen LogP contribution in [0.4, 0.5) is 0 Å². The van der Waals surface area contributed by atoms with Gasteiger partial charge in [-0.05, 0) is 24.5 Å². The van der Waals surface area contributed by atoms with Crippen molar-refractivity contribution < 1.29 is 4.42 Å². The van der Waals surface area contributed by atoms with Crippen LogP contribution in [0, 0.1) is 5.41 Å². The highest BCUT2D eigenvalue weighted by Gasteiger charge is 2.08. The summed E-state index contributed by atoms with van der Waals surface area (Å²) in [6.07, 6.45) is 1.81. The number of hydrogen-bond donors (Lipinski definition) is 1. The molecule has 0 unspecified atom stereocenters. The first-order valence-electron chi connectivity index (χ1n) is 5.36. The number of hydrogen-bond acceptors (Lipinski definition) is 2. The number of nitrogens with one attached hydrogen (secondary N) is 1. The molecule has 0 atom stereocenters. The Hall–Kier alpha value is -1.57. The first kappa shape index (κ1) is 9.97. The van der Waals surface area contributed by atoms with E-state index in [2.05, 4.69) is 19.9 Å². The van der Waals surface area contributed by atoms with Crippen molar-refractivity contribution in [2.75, 3.05) is 0 Å². The topological polar surface area (TPSA) is 37.0 Å². The van der Waals surface area contributed by atoms with Gasteiger partial charge >= 0.3 is 0 Å². The van der Waals surface area contributed by atoms with Crippen molar-refractivity contribution in [3.05, 3.63) is 40.9 Å². The molecular weight excluding hydrogens is 186 g/mol. The molecule has 0 saturated heterocycles. The highest BCUT2D eigenvalue weighted by molar-refractivity contribution is 5.81. The fraction of sp³-hybridized carbons (Fsp3) is 0.308. The quantitative estimate of drug-likeness (QED) is 0.796. The van der Waals surface area contributed by atoms with Gasteiger partial charge in [0.05, 0.1) is 0 Å². The molecule has 0 fully saturated rings. The van der Waals surface area contributed by atoms with Crippen molar-refractivity contribution in [1.82, 2.24) is 0 Å². The van der Waals surface area contributed by atoms with Gasteiger partial charge in [0.1, 0.15) is 5.58 Å². The molecule has 78 valence electrons. The predicted molar refractivity (Wildman–Crippen MR) is 60.8 cm³/mol. The van der Waals surface area contributed by atoms with Gasteiger partial charge < -0.3 is 4.42 Å². The van der Waals surface area contributed by atoms with Crippen molar-refractivity contribution in [3.63, 3.8) is 0 Å². The average Bonchev–Trinajstić information content (AvgIpc) is 2.27. The Balaban J connectivity index is 2.91. The number of para-hydroxylation sites is 1. The Labute approximate surface area is 89.1 Å². The first-order valence-corrected chi connectivity index (χ1v) is 5.36. The molecule has 15 heavy (non-hydrogen) atoms. The molecule has 0 bridgehead atoms. The van der Waals surface area contributed by atoms with Crippen LogP contribution in [0.2, 0.25) is 0 Å². The molecule has 1 aromatic heterocycles. The summed E-state index contributed by atoms with van der Waals surface area (Å²) in [5, 5.41) is 8.98. The second-order valence-electron chi connectivity index (χ2n) is 3.59. The second-order valence-corrected chi connectivity index (χ2v) is 3.59. The van der Waals surface area contributed by atoms with Crippen LogP contribution in [0.3, 0.4) is 0 Å². The van der Waals surface area contributed by atoms with Crippen LogP contribution in [0.5, 0.6) is 0 Å². The van der Waals surface area contributed by atoms with E-state index in [1.807, 2.05) is 18.2 Å². The summed E-state index contributed by atoms with van der Waals surface area (Å²) < 4.78 is 5.49. The third kappa shape index (κ3) is 1.56. The zero-order valence-electron chi connectivity index (χ0n) is 9.13. The largest absolute Gasteiger partial charge is 0.439 e. The lowest BCUT2D eigenvalue weighted by Crippen LogP contribution is -2.10. The summed E-state index contributed by atoms with van der Waals surface area (Å²) in [6.45, 7) is 4.19. The summed E-state index contributed by atoms with van der Waals surface area (Å²) in [5.41, 5.74) is 3.42. The fourth-order valence-corrected chi connectivity index (χ4v) is 2.05. The number of rotatable bonds is 2. The van der Waals surface area contributed by atoms with Crippen LogP contribution < -0.4 is 5.55 Å². The van der Waals surface area contributed by atoms with Crippen LogP contribution in [-0.4, -0.2) is 0 Å². The van der Waals surface area contributed by atoms with Gasteiger partial charge in [-0.25, -0.2) is 0 Å². The van der Waals surface area contributed by atoms with Gasteiger partial charge in [-0.1, -0.05) is 32.0 Å². The van der Waals surface area contributed by atoms with E-state index in [9.17, 15) is 0 Å². The Morgan fingerprint density at radius 2 is 1.73 bits per heavy atom. The molecule has 0 aliphatic carbocycles. The highest BCUT2D eigenvalue weighted by Crippen LogP contribution is 2.20. The lowest BCUT2D eigenvalue weighted by atomic mass is 10.0. The van der Waals surface area contributed by atoms with E-state index in [1.54, 1.807) is 0 Å². The minimum absolute atomic E-state index is 0.313. The lowest BCUT2D eigenvalue weighted by Gasteiger charge is -2.08. The van der Waals surface area contributed by atoms with E-state index in [1.165, 1.54) is 5.56 Å². The number of benzene rings is 1. The van der Waals surface area contributed by atoms with Crippen molar-refractivity contribution in [3.8, 4) is 0 Å². The van der Waals surface area contributed by atoms with E-state index in [4.69, 9.17) is 9.83 Å². The van der Waals surface area contributed by atoms with E-state index in [-0.39, 0.29) is 0 Å². The third-order valence-corrected chi connectivity index (χ3v) is 2.77. The van der Waals surface area contributed by atoms with Crippen molar-refractivity contribution in [2.24, 2.45) is 0 Å². The van der Waals surface area contributed by atoms with Crippen LogP contribution >= 0.6 is 0 Å². The molecular formula is C13H15NO. The maximum atomic E-state index is 7.83. The van der Waals surface area contributed by atoms with E-state index in [0.29, 0.717) is 5.55 Å². The summed E-state index contributed by atoms with van der Waals surface area (Å²) in [4.78, 5) is 0. The standard InChI is InChI=1S/C13H15NO/c1-3-9-10(4-2)13(14)15-12-8-6-5-7-11(9)12/h5-8,14H,3-4H2,1-2H3. The number of fused-ring (bicyclic) bond motifs is 1. The van der Waals surface area contributed by atoms with Gasteiger partial charge in [-0.2, -0.15) is 0 Å². The van der Waals surface area contributed by atoms with Crippen LogP contribution in [0.1, 0.15) is 25.0 Å². The minimum Gasteiger partial charge on any atom is -0.439 e. The molecule has 0 aliphatic rings. The van der Waals surface area contributed by atoms with E-state index < -0.39 is 0 Å². The summed E-state index contributed by atoms with van der Waals surface area (Å²) >= 11 is 0. The van der Waals surface area contributed by atoms with Crippen LogP contribution in [0.25, 0.3) is 11.0 Å². The van der Waals surface area contributed by atoms with Crippen LogP contribution in [0.15, 0.2) is 28.7 Å². The average molecular weight is 201 g/mol. The Bertz CT molecular complexity index is 540. The van der Waals surface area contributed by atoms with Crippen molar-refractivity contribution in [2.45, 2.75) is 26.7 Å². The Morgan fingerprint density at radius 1 is 1.07 bits per heavy atom. The molecule has 0 amide bonds. The second kappa shape index (κ2) is 3.89. The van der Waals surface area contributed by atoms with E-state index >= 15 is 0 Å². The Kier molecular flexibility index (Phi) is 2.58. The molecule has 2 heteroatoms. The fourth-order valence-electron chi connectivity index (χ4n) is 2.05. The molecule has 0 spiro atoms. The zero-order valence-corrected chi connectivity index (χ0v) is 9.13. The minimum atomic E-state index is 0.313. The van der Waals surface area contributed by atoms with E-state index in [0.717, 1.165) is 29.4 Å². The highest BCUT2D eigenvalue weighted by atomic mass is 16.3. The maximum absolute atomic E-state index is 7.83. The van der Waals surface area contributed by atoms with Crippen molar-refractivity contribution in [1.29, 1.82) is 5.41 Å². The SMILES string of the molecule is CCc1c(CC)c2ccccc2oc1=N. The normalized spacial score (nSPS) is 10.8. The molecule has 0 aliphatic heterocycles.